The summed E-state index contributed by atoms with van der Waals surface area (Å²) in [5, 5.41) is 3.45. The van der Waals surface area contributed by atoms with Crippen LogP contribution < -0.4 is 15.9 Å². The fourth-order valence-corrected chi connectivity index (χ4v) is 5.82. The van der Waals surface area contributed by atoms with Gasteiger partial charge in [-0.15, -0.1) is 0 Å². The Bertz CT molecular complexity index is 1520. The Balaban J connectivity index is 1.52. The highest BCUT2D eigenvalue weighted by atomic mass is 16.5. The number of esters is 1. The second-order valence-corrected chi connectivity index (χ2v) is 11.3. The lowest BCUT2D eigenvalue weighted by Crippen LogP contribution is -2.48. The van der Waals surface area contributed by atoms with E-state index in [0.717, 1.165) is 43.9 Å². The molecule has 3 heterocycles. The van der Waals surface area contributed by atoms with Crippen molar-refractivity contribution in [2.24, 2.45) is 0 Å². The number of aromatic nitrogens is 2. The smallest absolute Gasteiger partial charge is 0.351 e. The van der Waals surface area contributed by atoms with E-state index in [-0.39, 0.29) is 18.3 Å². The van der Waals surface area contributed by atoms with Gasteiger partial charge in [0, 0.05) is 57.1 Å². The van der Waals surface area contributed by atoms with Crippen LogP contribution in [0.3, 0.4) is 0 Å². The summed E-state index contributed by atoms with van der Waals surface area (Å²) in [7, 11) is 3.97. The van der Waals surface area contributed by atoms with E-state index in [0.29, 0.717) is 36.0 Å². The van der Waals surface area contributed by atoms with Crippen molar-refractivity contribution in [1.29, 1.82) is 0 Å². The fourth-order valence-electron chi connectivity index (χ4n) is 5.82. The highest BCUT2D eigenvalue weighted by Crippen LogP contribution is 2.45. The maximum atomic E-state index is 13.6. The van der Waals surface area contributed by atoms with Crippen LogP contribution in [0.25, 0.3) is 6.08 Å². The van der Waals surface area contributed by atoms with Crippen LogP contribution in [0.5, 0.6) is 0 Å². The van der Waals surface area contributed by atoms with Crippen LogP contribution in [0, 0.1) is 0 Å². The standard InChI is InChI=1S/C34H42N6O3/c1-5-43-33(41)28-25(2)35-32-30(29(28)27-16-10-7-11-17-27)31(36-34(42)40(32)24-19-37(3)4)39-22-20-38(21-23-39)18-12-15-26-13-8-6-9-14-26/h6-17,29,35H,5,18-24H2,1-4H3/b15-12+. The van der Waals surface area contributed by atoms with Gasteiger partial charge in [-0.3, -0.25) is 9.47 Å². The Morgan fingerprint density at radius 2 is 1.72 bits per heavy atom. The molecule has 1 aromatic heterocycles. The molecule has 226 valence electrons. The first-order valence-corrected chi connectivity index (χ1v) is 15.1. The van der Waals surface area contributed by atoms with E-state index in [4.69, 9.17) is 9.72 Å². The predicted molar refractivity (Wildman–Crippen MR) is 172 cm³/mol. The second kappa shape index (κ2) is 13.8. The first kappa shape index (κ1) is 30.3. The highest BCUT2D eigenvalue weighted by Gasteiger charge is 2.39. The number of hydrogen-bond acceptors (Lipinski definition) is 8. The lowest BCUT2D eigenvalue weighted by molar-refractivity contribution is -0.138. The third kappa shape index (κ3) is 6.89. The van der Waals surface area contributed by atoms with E-state index >= 15 is 0 Å². The minimum Gasteiger partial charge on any atom is -0.463 e. The molecule has 2 aliphatic heterocycles. The SMILES string of the molecule is CCOC(=O)C1=C(C)Nc2c(c(N3CCN(C/C=C/c4ccccc4)CC3)nc(=O)n2CCN(C)C)C1c1ccccc1. The second-order valence-electron chi connectivity index (χ2n) is 11.3. The van der Waals surface area contributed by atoms with Gasteiger partial charge in [0.1, 0.15) is 11.6 Å². The van der Waals surface area contributed by atoms with Crippen molar-refractivity contribution in [3.05, 3.63) is 105 Å². The molecule has 0 amide bonds. The number of fused-ring (bicyclic) bond motifs is 1. The fraction of sp³-hybridized carbons (Fsp3) is 0.382. The molecule has 1 fully saturated rings. The molecule has 0 spiro atoms. The number of anilines is 2. The number of rotatable bonds is 10. The molecule has 1 saturated heterocycles. The zero-order valence-corrected chi connectivity index (χ0v) is 25.6. The molecule has 5 rings (SSSR count). The zero-order chi connectivity index (χ0) is 30.3. The molecule has 9 heteroatoms. The van der Waals surface area contributed by atoms with Crippen molar-refractivity contribution < 1.29 is 9.53 Å². The summed E-state index contributed by atoms with van der Waals surface area (Å²) in [4.78, 5) is 38.4. The number of carbonyl (C=O) groups excluding carboxylic acids is 1. The number of piperazine rings is 1. The van der Waals surface area contributed by atoms with Gasteiger partial charge < -0.3 is 19.9 Å². The number of nitrogens with zero attached hydrogens (tertiary/aromatic N) is 5. The topological polar surface area (TPSA) is 82.9 Å². The first-order valence-electron chi connectivity index (χ1n) is 15.1. The predicted octanol–water partition coefficient (Wildman–Crippen LogP) is 4.03. The molecule has 2 aromatic carbocycles. The third-order valence-corrected chi connectivity index (χ3v) is 8.03. The zero-order valence-electron chi connectivity index (χ0n) is 25.6. The molecule has 43 heavy (non-hydrogen) atoms. The molecule has 9 nitrogen and oxygen atoms in total. The van der Waals surface area contributed by atoms with E-state index in [1.807, 2.05) is 81.4 Å². The van der Waals surface area contributed by atoms with Crippen LogP contribution in [-0.4, -0.2) is 85.3 Å². The molecule has 1 unspecified atom stereocenters. The van der Waals surface area contributed by atoms with Crippen molar-refractivity contribution in [3.8, 4) is 0 Å². The normalized spacial score (nSPS) is 17.3. The van der Waals surface area contributed by atoms with Crippen LogP contribution in [0.2, 0.25) is 0 Å². The number of ether oxygens (including phenoxy) is 1. The molecule has 1 atom stereocenters. The molecular formula is C34H42N6O3. The Hall–Kier alpha value is -4.21. The monoisotopic (exact) mass is 582 g/mol. The number of benzene rings is 2. The maximum Gasteiger partial charge on any atom is 0.351 e. The average Bonchev–Trinajstić information content (AvgIpc) is 3.01. The van der Waals surface area contributed by atoms with Crippen molar-refractivity contribution in [2.75, 3.05) is 70.2 Å². The lowest BCUT2D eigenvalue weighted by Gasteiger charge is -2.39. The number of likely N-dealkylation sites (N-methyl/N-ethyl adjacent to an activating group) is 1. The maximum absolute atomic E-state index is 13.6. The summed E-state index contributed by atoms with van der Waals surface area (Å²) < 4.78 is 7.27. The first-order chi connectivity index (χ1) is 20.9. The number of carbonyl (C=O) groups is 1. The van der Waals surface area contributed by atoms with Gasteiger partial charge in [0.05, 0.1) is 18.1 Å². The lowest BCUT2D eigenvalue weighted by atomic mass is 9.81. The minimum absolute atomic E-state index is 0.276. The van der Waals surface area contributed by atoms with Crippen molar-refractivity contribution >= 4 is 23.7 Å². The van der Waals surface area contributed by atoms with Gasteiger partial charge in [0.15, 0.2) is 0 Å². The Morgan fingerprint density at radius 1 is 1.05 bits per heavy atom. The highest BCUT2D eigenvalue weighted by molar-refractivity contribution is 5.95. The summed E-state index contributed by atoms with van der Waals surface area (Å²) in [6, 6.07) is 20.3. The Morgan fingerprint density at radius 3 is 2.37 bits per heavy atom. The largest absolute Gasteiger partial charge is 0.463 e. The van der Waals surface area contributed by atoms with E-state index in [2.05, 4.69) is 39.4 Å². The van der Waals surface area contributed by atoms with Crippen molar-refractivity contribution in [3.63, 3.8) is 0 Å². The molecule has 0 bridgehead atoms. The Labute approximate surface area is 254 Å². The third-order valence-electron chi connectivity index (χ3n) is 8.03. The van der Waals surface area contributed by atoms with Crippen LogP contribution in [0.15, 0.2) is 82.8 Å². The number of hydrogen-bond donors (Lipinski definition) is 1. The van der Waals surface area contributed by atoms with Gasteiger partial charge in [-0.2, -0.15) is 4.98 Å². The molecule has 3 aromatic rings. The van der Waals surface area contributed by atoms with Gasteiger partial charge in [0.2, 0.25) is 0 Å². The minimum atomic E-state index is -0.433. The average molecular weight is 583 g/mol. The van der Waals surface area contributed by atoms with Crippen LogP contribution >= 0.6 is 0 Å². The van der Waals surface area contributed by atoms with Gasteiger partial charge in [-0.05, 0) is 39.1 Å². The van der Waals surface area contributed by atoms with E-state index in [1.165, 1.54) is 5.56 Å². The summed E-state index contributed by atoms with van der Waals surface area (Å²) in [5.74, 6) is 0.539. The van der Waals surface area contributed by atoms with Gasteiger partial charge in [-0.1, -0.05) is 72.8 Å². The van der Waals surface area contributed by atoms with Crippen LogP contribution in [0.4, 0.5) is 11.6 Å². The molecule has 0 aliphatic carbocycles. The number of nitrogens with one attached hydrogen (secondary N) is 1. The quantitative estimate of drug-likeness (QED) is 0.359. The summed E-state index contributed by atoms with van der Waals surface area (Å²) in [6.07, 6.45) is 4.35. The van der Waals surface area contributed by atoms with E-state index in [9.17, 15) is 9.59 Å². The van der Waals surface area contributed by atoms with E-state index in [1.54, 1.807) is 4.57 Å². The molecule has 0 radical (unpaired) electrons. The summed E-state index contributed by atoms with van der Waals surface area (Å²) in [6.45, 7) is 9.08. The van der Waals surface area contributed by atoms with Crippen molar-refractivity contribution in [2.45, 2.75) is 26.3 Å². The van der Waals surface area contributed by atoms with Gasteiger partial charge in [-0.25, -0.2) is 9.59 Å². The molecule has 1 N–H and O–H groups in total. The summed E-state index contributed by atoms with van der Waals surface area (Å²) >= 11 is 0. The Kier molecular flexibility index (Phi) is 9.74. The molecule has 0 saturated carbocycles. The van der Waals surface area contributed by atoms with E-state index < -0.39 is 5.92 Å². The molecule has 2 aliphatic rings. The molecular weight excluding hydrogens is 540 g/mol. The van der Waals surface area contributed by atoms with Crippen LogP contribution in [0.1, 0.15) is 36.5 Å². The van der Waals surface area contributed by atoms with Gasteiger partial charge in [0.25, 0.3) is 0 Å². The number of allylic oxidation sites excluding steroid dienone is 1. The van der Waals surface area contributed by atoms with Gasteiger partial charge >= 0.3 is 11.7 Å². The van der Waals surface area contributed by atoms with Crippen molar-refractivity contribution in [1.82, 2.24) is 19.4 Å². The van der Waals surface area contributed by atoms with Crippen LogP contribution in [-0.2, 0) is 16.1 Å². The summed E-state index contributed by atoms with van der Waals surface area (Å²) in [5.41, 5.74) is 3.92.